The second-order valence-electron chi connectivity index (χ2n) is 9.22. The molecule has 0 radical (unpaired) electrons. The highest BCUT2D eigenvalue weighted by atomic mass is 19.4. The molecule has 0 bridgehead atoms. The number of alkyl halides is 9. The minimum atomic E-state index is -5.08. The number of rotatable bonds is 4. The van der Waals surface area contributed by atoms with Crippen LogP contribution in [0.3, 0.4) is 0 Å². The van der Waals surface area contributed by atoms with Crippen molar-refractivity contribution in [2.24, 2.45) is 5.92 Å². The topological polar surface area (TPSA) is 153 Å². The van der Waals surface area contributed by atoms with E-state index in [1.165, 1.54) is 11.1 Å². The molecule has 45 heavy (non-hydrogen) atoms. The average Bonchev–Trinajstić information content (AvgIpc) is 3.19. The van der Waals surface area contributed by atoms with Gasteiger partial charge in [0.05, 0.1) is 12.7 Å². The molecular formula is C25H27F9N4O7. The zero-order valence-corrected chi connectivity index (χ0v) is 22.9. The number of hydrogen-bond donors (Lipinski definition) is 3. The lowest BCUT2D eigenvalue weighted by Crippen LogP contribution is -2.32. The molecular weight excluding hydrogens is 639 g/mol. The van der Waals surface area contributed by atoms with Crippen molar-refractivity contribution in [3.05, 3.63) is 60.2 Å². The lowest BCUT2D eigenvalue weighted by Gasteiger charge is -2.23. The molecule has 0 aliphatic carbocycles. The van der Waals surface area contributed by atoms with Crippen molar-refractivity contribution in [1.29, 1.82) is 0 Å². The Morgan fingerprint density at radius 2 is 1.18 bits per heavy atom. The van der Waals surface area contributed by atoms with Crippen molar-refractivity contribution in [2.45, 2.75) is 37.7 Å². The number of ether oxygens (including phenoxy) is 1. The van der Waals surface area contributed by atoms with E-state index in [0.29, 0.717) is 12.0 Å². The largest absolute Gasteiger partial charge is 0.490 e. The Hall–Kier alpha value is -4.04. The van der Waals surface area contributed by atoms with E-state index < -0.39 is 36.4 Å². The van der Waals surface area contributed by atoms with E-state index in [1.54, 1.807) is 0 Å². The Balaban J connectivity index is 0.000000396. The third-order valence-electron chi connectivity index (χ3n) is 5.70. The molecule has 20 heteroatoms. The van der Waals surface area contributed by atoms with Crippen LogP contribution in [0.2, 0.25) is 0 Å². The summed E-state index contributed by atoms with van der Waals surface area (Å²) in [5.74, 6) is -7.68. The molecule has 0 aromatic carbocycles. The molecule has 2 aliphatic heterocycles. The summed E-state index contributed by atoms with van der Waals surface area (Å²) in [6.45, 7) is 7.03. The van der Waals surface area contributed by atoms with Crippen LogP contribution >= 0.6 is 0 Å². The van der Waals surface area contributed by atoms with Gasteiger partial charge in [0.25, 0.3) is 0 Å². The molecule has 2 aliphatic rings. The van der Waals surface area contributed by atoms with Crippen LogP contribution in [0.1, 0.15) is 11.1 Å². The van der Waals surface area contributed by atoms with Crippen LogP contribution < -0.4 is 0 Å². The molecule has 0 saturated carbocycles. The van der Waals surface area contributed by atoms with Crippen molar-refractivity contribution < 1.29 is 74.0 Å². The van der Waals surface area contributed by atoms with Gasteiger partial charge in [-0.1, -0.05) is 6.07 Å². The third-order valence-corrected chi connectivity index (χ3v) is 5.70. The fourth-order valence-corrected chi connectivity index (χ4v) is 3.82. The van der Waals surface area contributed by atoms with Gasteiger partial charge in [-0.25, -0.2) is 14.4 Å². The van der Waals surface area contributed by atoms with E-state index in [-0.39, 0.29) is 0 Å². The predicted molar refractivity (Wildman–Crippen MR) is 133 cm³/mol. The molecule has 3 N–H and O–H groups in total. The molecule has 2 fully saturated rings. The number of fused-ring (bicyclic) bond motifs is 1. The Morgan fingerprint density at radius 3 is 1.62 bits per heavy atom. The first-order valence-electron chi connectivity index (χ1n) is 12.4. The van der Waals surface area contributed by atoms with Gasteiger partial charge >= 0.3 is 36.4 Å². The molecule has 2 aromatic heterocycles. The second-order valence-corrected chi connectivity index (χ2v) is 9.22. The summed E-state index contributed by atoms with van der Waals surface area (Å²) in [7, 11) is 0. The molecule has 0 unspecified atom stereocenters. The van der Waals surface area contributed by atoms with Gasteiger partial charge in [-0.3, -0.25) is 19.8 Å². The van der Waals surface area contributed by atoms with Crippen LogP contribution in [0.25, 0.3) is 0 Å². The van der Waals surface area contributed by atoms with Gasteiger partial charge in [0.2, 0.25) is 0 Å². The lowest BCUT2D eigenvalue weighted by atomic mass is 10.1. The van der Waals surface area contributed by atoms with E-state index >= 15 is 0 Å². The fraction of sp³-hybridized carbons (Fsp3) is 0.480. The first-order valence-corrected chi connectivity index (χ1v) is 12.4. The fourth-order valence-electron chi connectivity index (χ4n) is 3.82. The van der Waals surface area contributed by atoms with Crippen molar-refractivity contribution >= 4 is 17.9 Å². The molecule has 4 heterocycles. The zero-order chi connectivity index (χ0) is 34.4. The first-order chi connectivity index (χ1) is 20.7. The SMILES string of the molecule is O=C(O)C(F)(F)F.O=C(O)C(F)(F)F.O=C(O)C(F)(F)F.c1cncc(CN2CCO[C@@H]3CN(Cc4ccncc4)C[C@@H]3C2)c1. The maximum absolute atomic E-state index is 10.6. The summed E-state index contributed by atoms with van der Waals surface area (Å²) in [5, 5.41) is 21.4. The second kappa shape index (κ2) is 17.4. The number of halogens is 9. The minimum Gasteiger partial charge on any atom is -0.475 e. The van der Waals surface area contributed by atoms with E-state index in [4.69, 9.17) is 34.4 Å². The maximum Gasteiger partial charge on any atom is 0.490 e. The lowest BCUT2D eigenvalue weighted by molar-refractivity contribution is -0.193. The number of carbonyl (C=O) groups is 3. The zero-order valence-electron chi connectivity index (χ0n) is 22.9. The molecule has 2 atom stereocenters. The molecule has 11 nitrogen and oxygen atoms in total. The van der Waals surface area contributed by atoms with Gasteiger partial charge in [-0.2, -0.15) is 39.5 Å². The van der Waals surface area contributed by atoms with Crippen LogP contribution in [-0.2, 0) is 32.2 Å². The van der Waals surface area contributed by atoms with Gasteiger partial charge in [-0.15, -0.1) is 0 Å². The number of likely N-dealkylation sites (tertiary alicyclic amines) is 1. The third kappa shape index (κ3) is 16.0. The smallest absolute Gasteiger partial charge is 0.475 e. The Bertz CT molecular complexity index is 1140. The first kappa shape index (κ1) is 39.0. The summed E-state index contributed by atoms with van der Waals surface area (Å²) < 4.78 is 101. The Labute approximate surface area is 248 Å². The standard InChI is InChI=1S/C19H24N4O.3C2HF3O2/c1-2-17(10-21-5-1)12-22-8-9-24-19-15-23(14-18(19)13-22)11-16-3-6-20-7-4-16;3*3-2(4,5)1(6)7/h1-7,10,18-19H,8-9,11-15H2;3*(H,6,7)/t18-,19+;;;/m0.../s1. The number of nitrogens with zero attached hydrogens (tertiary/aromatic N) is 4. The highest BCUT2D eigenvalue weighted by molar-refractivity contribution is 5.73. The van der Waals surface area contributed by atoms with E-state index in [0.717, 1.165) is 45.9 Å². The highest BCUT2D eigenvalue weighted by Gasteiger charge is 2.39. The summed E-state index contributed by atoms with van der Waals surface area (Å²) in [6.07, 6.45) is -7.34. The van der Waals surface area contributed by atoms with Gasteiger partial charge in [-0.05, 0) is 29.3 Å². The van der Waals surface area contributed by atoms with Crippen molar-refractivity contribution in [3.63, 3.8) is 0 Å². The van der Waals surface area contributed by atoms with Crippen molar-refractivity contribution in [2.75, 3.05) is 32.8 Å². The van der Waals surface area contributed by atoms with Crippen molar-refractivity contribution in [3.8, 4) is 0 Å². The monoisotopic (exact) mass is 666 g/mol. The minimum absolute atomic E-state index is 0.366. The highest BCUT2D eigenvalue weighted by Crippen LogP contribution is 2.25. The number of hydrogen-bond acceptors (Lipinski definition) is 8. The molecule has 0 amide bonds. The number of aliphatic carboxylic acids is 3. The number of aromatic nitrogens is 2. The van der Waals surface area contributed by atoms with Crippen LogP contribution in [0.5, 0.6) is 0 Å². The van der Waals surface area contributed by atoms with Gasteiger partial charge in [0, 0.05) is 70.0 Å². The molecule has 4 rings (SSSR count). The Morgan fingerprint density at radius 1 is 0.711 bits per heavy atom. The van der Waals surface area contributed by atoms with Gasteiger partial charge < -0.3 is 20.1 Å². The Kier molecular flexibility index (Phi) is 15.1. The number of pyridine rings is 2. The van der Waals surface area contributed by atoms with Crippen molar-refractivity contribution in [1.82, 2.24) is 19.8 Å². The number of carboxylic acids is 3. The molecule has 252 valence electrons. The van der Waals surface area contributed by atoms with E-state index in [2.05, 4.69) is 38.0 Å². The van der Waals surface area contributed by atoms with E-state index in [9.17, 15) is 39.5 Å². The summed E-state index contributed by atoms with van der Waals surface area (Å²) >= 11 is 0. The van der Waals surface area contributed by atoms with Gasteiger partial charge in [0.15, 0.2) is 0 Å². The molecule has 2 saturated heterocycles. The molecule has 2 aromatic rings. The summed E-state index contributed by atoms with van der Waals surface area (Å²) in [6, 6.07) is 8.37. The van der Waals surface area contributed by atoms with Crippen LogP contribution in [0.15, 0.2) is 49.1 Å². The van der Waals surface area contributed by atoms with Gasteiger partial charge in [0.1, 0.15) is 0 Å². The van der Waals surface area contributed by atoms with Crippen LogP contribution in [-0.4, -0.2) is 110 Å². The maximum atomic E-state index is 10.6. The molecule has 0 spiro atoms. The number of carboxylic acid groups (broad SMARTS) is 3. The normalized spacial score (nSPS) is 18.8. The average molecular weight is 666 g/mol. The predicted octanol–water partition coefficient (Wildman–Crippen LogP) is 3.71. The van der Waals surface area contributed by atoms with E-state index in [1.807, 2.05) is 30.9 Å². The quantitative estimate of drug-likeness (QED) is 0.410. The van der Waals surface area contributed by atoms with Crippen LogP contribution in [0, 0.1) is 5.92 Å². The summed E-state index contributed by atoms with van der Waals surface area (Å²) in [5.41, 5.74) is 2.61. The summed E-state index contributed by atoms with van der Waals surface area (Å²) in [4.78, 5) is 40.0. The van der Waals surface area contributed by atoms with Crippen LogP contribution in [0.4, 0.5) is 39.5 Å².